The lowest BCUT2D eigenvalue weighted by atomic mass is 10.2. The maximum atomic E-state index is 5.75. The molecule has 2 atom stereocenters. The normalized spacial score (nSPS) is 16.5. The van der Waals surface area contributed by atoms with Crippen molar-refractivity contribution in [1.82, 2.24) is 0 Å². The van der Waals surface area contributed by atoms with Gasteiger partial charge in [-0.15, -0.1) is 0 Å². The highest BCUT2D eigenvalue weighted by atomic mass is 32.2. The van der Waals surface area contributed by atoms with Gasteiger partial charge in [-0.05, 0) is 20.8 Å². The van der Waals surface area contributed by atoms with E-state index in [9.17, 15) is 0 Å². The fraction of sp³-hybridized carbons (Fsp3) is 1.00. The van der Waals surface area contributed by atoms with E-state index in [2.05, 4.69) is 37.9 Å². The number of rotatable bonds is 8. The van der Waals surface area contributed by atoms with E-state index in [-0.39, 0.29) is 11.4 Å². The van der Waals surface area contributed by atoms with Crippen LogP contribution in [0.15, 0.2) is 0 Å². The molecule has 0 aromatic carbocycles. The van der Waals surface area contributed by atoms with Crippen molar-refractivity contribution < 1.29 is 13.3 Å². The van der Waals surface area contributed by atoms with Crippen molar-refractivity contribution in [2.75, 3.05) is 13.2 Å². The Morgan fingerprint density at radius 3 is 1.88 bits per heavy atom. The van der Waals surface area contributed by atoms with Crippen molar-refractivity contribution in [2.45, 2.75) is 43.1 Å². The van der Waals surface area contributed by atoms with Crippen LogP contribution in [0, 0.1) is 0 Å². The summed E-state index contributed by atoms with van der Waals surface area (Å²) in [4.78, 5) is 0. The lowest BCUT2D eigenvalue weighted by Crippen LogP contribution is -2.43. The van der Waals surface area contributed by atoms with Crippen LogP contribution in [-0.4, -0.2) is 38.2 Å². The van der Waals surface area contributed by atoms with Crippen molar-refractivity contribution in [1.29, 1.82) is 0 Å². The van der Waals surface area contributed by atoms with Crippen LogP contribution in [0.1, 0.15) is 27.7 Å². The van der Waals surface area contributed by atoms with E-state index in [4.69, 9.17) is 13.3 Å². The molecule has 2 unspecified atom stereocenters. The minimum absolute atomic E-state index is 0.00734. The SMILES string of the molecule is CCO[SiH](OCC)OC(C)C(S)(S)C(C)S. The maximum Gasteiger partial charge on any atom is 0.484 e. The first kappa shape index (κ1) is 17.1. The monoisotopic (exact) mass is 302 g/mol. The standard InChI is InChI=1S/C9H22O3S3Si/c1-5-10-16(11-6-2)12-7(3)9(14,15)8(4)13/h7-8,13-16H,5-6H2,1-4H3. The molecule has 0 aromatic heterocycles. The van der Waals surface area contributed by atoms with Gasteiger partial charge >= 0.3 is 9.53 Å². The second-order valence-corrected chi connectivity index (χ2v) is 7.56. The lowest BCUT2D eigenvalue weighted by molar-refractivity contribution is 0.0662. The molecule has 0 saturated carbocycles. The van der Waals surface area contributed by atoms with E-state index in [1.807, 2.05) is 27.7 Å². The molecule has 16 heavy (non-hydrogen) atoms. The Labute approximate surface area is 117 Å². The van der Waals surface area contributed by atoms with Gasteiger partial charge in [0.1, 0.15) is 0 Å². The highest BCUT2D eigenvalue weighted by Gasteiger charge is 2.35. The topological polar surface area (TPSA) is 27.7 Å². The first-order valence-electron chi connectivity index (χ1n) is 5.37. The summed E-state index contributed by atoms with van der Waals surface area (Å²) in [7, 11) is -2.06. The van der Waals surface area contributed by atoms with Gasteiger partial charge in [0, 0.05) is 18.5 Å². The predicted octanol–water partition coefficient (Wildman–Crippen LogP) is 2.06. The van der Waals surface area contributed by atoms with Crippen molar-refractivity contribution in [3.8, 4) is 0 Å². The van der Waals surface area contributed by atoms with Crippen LogP contribution in [0.25, 0.3) is 0 Å². The van der Waals surface area contributed by atoms with Crippen molar-refractivity contribution in [2.24, 2.45) is 0 Å². The fourth-order valence-electron chi connectivity index (χ4n) is 1.01. The molecule has 7 heteroatoms. The third-order valence-corrected chi connectivity index (χ3v) is 6.29. The second-order valence-electron chi connectivity index (χ2n) is 3.44. The summed E-state index contributed by atoms with van der Waals surface area (Å²) in [5, 5.41) is -0.00734. The van der Waals surface area contributed by atoms with E-state index in [0.717, 1.165) is 0 Å². The van der Waals surface area contributed by atoms with E-state index < -0.39 is 13.6 Å². The Balaban J connectivity index is 4.32. The molecule has 0 N–H and O–H groups in total. The van der Waals surface area contributed by atoms with Crippen LogP contribution in [0.3, 0.4) is 0 Å². The van der Waals surface area contributed by atoms with E-state index >= 15 is 0 Å². The zero-order valence-corrected chi connectivity index (χ0v) is 14.1. The fourth-order valence-corrected chi connectivity index (χ4v) is 2.91. The molecule has 0 aliphatic rings. The summed E-state index contributed by atoms with van der Waals surface area (Å²) < 4.78 is 16.0. The molecule has 3 nitrogen and oxygen atoms in total. The molecule has 0 aliphatic carbocycles. The summed E-state index contributed by atoms with van der Waals surface area (Å²) >= 11 is 13.3. The molecule has 0 aliphatic heterocycles. The van der Waals surface area contributed by atoms with E-state index in [1.54, 1.807) is 0 Å². The Morgan fingerprint density at radius 1 is 1.12 bits per heavy atom. The molecule has 0 saturated heterocycles. The molecule has 0 amide bonds. The van der Waals surface area contributed by atoms with Crippen LogP contribution >= 0.6 is 37.9 Å². The van der Waals surface area contributed by atoms with Gasteiger partial charge in [0.2, 0.25) is 0 Å². The minimum Gasteiger partial charge on any atom is -0.376 e. The third kappa shape index (κ3) is 5.66. The minimum atomic E-state index is -2.06. The van der Waals surface area contributed by atoms with Crippen LogP contribution in [-0.2, 0) is 13.3 Å². The molecular weight excluding hydrogens is 280 g/mol. The highest BCUT2D eigenvalue weighted by Crippen LogP contribution is 2.33. The molecule has 0 heterocycles. The Morgan fingerprint density at radius 2 is 1.56 bits per heavy atom. The molecular formula is C9H22O3S3Si. The maximum absolute atomic E-state index is 5.75. The zero-order chi connectivity index (χ0) is 12.8. The molecule has 98 valence electrons. The van der Waals surface area contributed by atoms with Gasteiger partial charge < -0.3 is 13.3 Å². The molecule has 0 aromatic rings. The number of hydrogen-bond acceptors (Lipinski definition) is 6. The molecule has 0 fully saturated rings. The van der Waals surface area contributed by atoms with Gasteiger partial charge in [0.05, 0.1) is 10.2 Å². The van der Waals surface area contributed by atoms with Gasteiger partial charge in [-0.3, -0.25) is 0 Å². The van der Waals surface area contributed by atoms with Gasteiger partial charge in [-0.1, -0.05) is 6.92 Å². The quantitative estimate of drug-likeness (QED) is 0.364. The summed E-state index contributed by atoms with van der Waals surface area (Å²) in [5.74, 6) is 0. The zero-order valence-electron chi connectivity index (χ0n) is 10.2. The van der Waals surface area contributed by atoms with Gasteiger partial charge in [-0.2, -0.15) is 37.9 Å². The Hall–Kier alpha value is 1.15. The number of hydrogen-bond donors (Lipinski definition) is 3. The van der Waals surface area contributed by atoms with Crippen molar-refractivity contribution >= 4 is 47.4 Å². The summed E-state index contributed by atoms with van der Waals surface area (Å²) in [6.45, 7) is 8.86. The first-order valence-corrected chi connectivity index (χ1v) is 8.20. The second kappa shape index (κ2) is 8.28. The average molecular weight is 303 g/mol. The molecule has 0 spiro atoms. The lowest BCUT2D eigenvalue weighted by Gasteiger charge is -2.34. The summed E-state index contributed by atoms with van der Waals surface area (Å²) in [6.07, 6.45) is -0.193. The van der Waals surface area contributed by atoms with E-state index in [1.165, 1.54) is 0 Å². The molecule has 0 bridgehead atoms. The summed E-state index contributed by atoms with van der Waals surface area (Å²) in [6, 6.07) is 0. The Bertz CT molecular complexity index is 187. The van der Waals surface area contributed by atoms with Crippen LogP contribution in [0.2, 0.25) is 0 Å². The van der Waals surface area contributed by atoms with Crippen molar-refractivity contribution in [3.05, 3.63) is 0 Å². The van der Waals surface area contributed by atoms with Gasteiger partial charge in [0.25, 0.3) is 0 Å². The van der Waals surface area contributed by atoms with Crippen LogP contribution < -0.4 is 0 Å². The molecule has 0 radical (unpaired) electrons. The Kier molecular flexibility index (Phi) is 8.88. The van der Waals surface area contributed by atoms with Gasteiger partial charge in [-0.25, -0.2) is 0 Å². The van der Waals surface area contributed by atoms with Crippen LogP contribution in [0.4, 0.5) is 0 Å². The predicted molar refractivity (Wildman–Crippen MR) is 80.1 cm³/mol. The smallest absolute Gasteiger partial charge is 0.376 e. The average Bonchev–Trinajstić information content (AvgIpc) is 2.18. The molecule has 0 rings (SSSR count). The van der Waals surface area contributed by atoms with Crippen molar-refractivity contribution in [3.63, 3.8) is 0 Å². The largest absolute Gasteiger partial charge is 0.484 e. The van der Waals surface area contributed by atoms with Crippen LogP contribution in [0.5, 0.6) is 0 Å². The highest BCUT2D eigenvalue weighted by molar-refractivity contribution is 8.02. The van der Waals surface area contributed by atoms with Gasteiger partial charge in [0.15, 0.2) is 0 Å². The first-order chi connectivity index (χ1) is 7.36. The van der Waals surface area contributed by atoms with E-state index in [0.29, 0.717) is 13.2 Å². The number of thiol groups is 3. The summed E-state index contributed by atoms with van der Waals surface area (Å²) in [5.41, 5.74) is 0. The third-order valence-electron chi connectivity index (χ3n) is 2.13.